The molecule has 1 fully saturated rings. The van der Waals surface area contributed by atoms with E-state index in [1.54, 1.807) is 35.2 Å². The lowest BCUT2D eigenvalue weighted by Crippen LogP contribution is -2.65. The zero-order valence-electron chi connectivity index (χ0n) is 21.9. The Labute approximate surface area is 228 Å². The topological polar surface area (TPSA) is 79.0 Å². The van der Waals surface area contributed by atoms with E-state index in [-0.39, 0.29) is 30.6 Å². The molecule has 0 saturated carbocycles. The highest BCUT2D eigenvalue weighted by molar-refractivity contribution is 6.31. The van der Waals surface area contributed by atoms with Gasteiger partial charge in [-0.05, 0) is 55.7 Å². The van der Waals surface area contributed by atoms with E-state index in [0.29, 0.717) is 41.7 Å². The Morgan fingerprint density at radius 2 is 1.66 bits per heavy atom. The standard InChI is InChI=1S/C30H32ClN3O4/c1-21-9-11-24(12-10-21)28(36)34(26-19-25(31)13-14-27(26)38-3)30(15-17-33(18-16-30)22(2)35)29(37)32-20-23-7-5-4-6-8-23/h4-14,19H,15-18,20H2,1-3H3,(H,32,37). The fraction of sp³-hybridized carbons (Fsp3) is 0.300. The van der Waals surface area contributed by atoms with Crippen molar-refractivity contribution in [2.24, 2.45) is 0 Å². The Morgan fingerprint density at radius 3 is 2.26 bits per heavy atom. The summed E-state index contributed by atoms with van der Waals surface area (Å²) in [7, 11) is 1.52. The molecule has 0 spiro atoms. The van der Waals surface area contributed by atoms with E-state index in [0.717, 1.165) is 11.1 Å². The van der Waals surface area contributed by atoms with Gasteiger partial charge in [0.05, 0.1) is 12.8 Å². The second-order valence-electron chi connectivity index (χ2n) is 9.53. The van der Waals surface area contributed by atoms with Gasteiger partial charge in [-0.25, -0.2) is 0 Å². The van der Waals surface area contributed by atoms with Crippen LogP contribution in [0, 0.1) is 6.92 Å². The first kappa shape index (κ1) is 27.2. The molecule has 1 aliphatic heterocycles. The van der Waals surface area contributed by atoms with E-state index in [9.17, 15) is 14.4 Å². The molecule has 198 valence electrons. The average molecular weight is 534 g/mol. The molecule has 0 unspecified atom stereocenters. The predicted octanol–water partition coefficient (Wildman–Crippen LogP) is 5.00. The monoisotopic (exact) mass is 533 g/mol. The molecule has 38 heavy (non-hydrogen) atoms. The number of hydrogen-bond donors (Lipinski definition) is 1. The van der Waals surface area contributed by atoms with Crippen molar-refractivity contribution >= 4 is 35.0 Å². The zero-order chi connectivity index (χ0) is 27.3. The number of carbonyl (C=O) groups excluding carboxylic acids is 3. The summed E-state index contributed by atoms with van der Waals surface area (Å²) in [6.07, 6.45) is 0.501. The van der Waals surface area contributed by atoms with Crippen molar-refractivity contribution in [3.05, 3.63) is 94.5 Å². The molecule has 7 nitrogen and oxygen atoms in total. The lowest BCUT2D eigenvalue weighted by molar-refractivity contribution is -0.135. The van der Waals surface area contributed by atoms with Gasteiger partial charge in [0.1, 0.15) is 11.3 Å². The summed E-state index contributed by atoms with van der Waals surface area (Å²) in [6.45, 7) is 4.42. The smallest absolute Gasteiger partial charge is 0.259 e. The van der Waals surface area contributed by atoms with Gasteiger partial charge in [0.15, 0.2) is 0 Å². The van der Waals surface area contributed by atoms with E-state index in [1.165, 1.54) is 18.9 Å². The number of piperidine rings is 1. The molecule has 3 amide bonds. The number of benzene rings is 3. The normalized spacial score (nSPS) is 14.5. The van der Waals surface area contributed by atoms with Crippen LogP contribution in [0.2, 0.25) is 5.02 Å². The van der Waals surface area contributed by atoms with Crippen molar-refractivity contribution in [3.8, 4) is 5.75 Å². The van der Waals surface area contributed by atoms with Crippen LogP contribution in [0.15, 0.2) is 72.8 Å². The van der Waals surface area contributed by atoms with Gasteiger partial charge in [-0.3, -0.25) is 19.3 Å². The number of likely N-dealkylation sites (tertiary alicyclic amines) is 1. The molecule has 1 heterocycles. The van der Waals surface area contributed by atoms with Gasteiger partial charge in [0, 0.05) is 37.1 Å². The van der Waals surface area contributed by atoms with Crippen molar-refractivity contribution in [1.29, 1.82) is 0 Å². The van der Waals surface area contributed by atoms with Crippen molar-refractivity contribution < 1.29 is 19.1 Å². The largest absolute Gasteiger partial charge is 0.495 e. The minimum Gasteiger partial charge on any atom is -0.495 e. The van der Waals surface area contributed by atoms with Gasteiger partial charge in [-0.15, -0.1) is 0 Å². The molecule has 0 atom stereocenters. The van der Waals surface area contributed by atoms with Crippen LogP contribution in [0.1, 0.15) is 41.3 Å². The number of amides is 3. The summed E-state index contributed by atoms with van der Waals surface area (Å²) < 4.78 is 5.64. The van der Waals surface area contributed by atoms with E-state index in [1.807, 2.05) is 49.4 Å². The maximum absolute atomic E-state index is 14.3. The van der Waals surface area contributed by atoms with Crippen molar-refractivity contribution in [3.63, 3.8) is 0 Å². The van der Waals surface area contributed by atoms with Crippen molar-refractivity contribution in [2.45, 2.75) is 38.8 Å². The Hall–Kier alpha value is -3.84. The molecule has 0 aliphatic carbocycles. The lowest BCUT2D eigenvalue weighted by atomic mass is 9.83. The van der Waals surface area contributed by atoms with Gasteiger partial charge in [0.25, 0.3) is 5.91 Å². The molecule has 1 saturated heterocycles. The van der Waals surface area contributed by atoms with Gasteiger partial charge in [-0.2, -0.15) is 0 Å². The minimum absolute atomic E-state index is 0.0694. The minimum atomic E-state index is -1.29. The van der Waals surface area contributed by atoms with Crippen LogP contribution in [-0.4, -0.2) is 48.4 Å². The first-order valence-corrected chi connectivity index (χ1v) is 13.0. The molecule has 3 aromatic carbocycles. The average Bonchev–Trinajstić information content (AvgIpc) is 2.93. The van der Waals surface area contributed by atoms with Crippen LogP contribution >= 0.6 is 11.6 Å². The Balaban J connectivity index is 1.84. The number of anilines is 1. The fourth-order valence-corrected chi connectivity index (χ4v) is 5.05. The van der Waals surface area contributed by atoms with E-state index in [4.69, 9.17) is 16.3 Å². The first-order chi connectivity index (χ1) is 18.2. The van der Waals surface area contributed by atoms with Crippen LogP contribution in [-0.2, 0) is 16.1 Å². The summed E-state index contributed by atoms with van der Waals surface area (Å²) in [4.78, 5) is 43.9. The molecular weight excluding hydrogens is 502 g/mol. The molecule has 3 aromatic rings. The highest BCUT2D eigenvalue weighted by Gasteiger charge is 2.50. The second-order valence-corrected chi connectivity index (χ2v) is 9.97. The Kier molecular flexibility index (Phi) is 8.37. The van der Waals surface area contributed by atoms with Crippen LogP contribution in [0.3, 0.4) is 0 Å². The number of ether oxygens (including phenoxy) is 1. The molecule has 8 heteroatoms. The molecule has 0 aromatic heterocycles. The van der Waals surface area contributed by atoms with E-state index >= 15 is 0 Å². The third-order valence-electron chi connectivity index (χ3n) is 7.07. The number of halogens is 1. The van der Waals surface area contributed by atoms with E-state index in [2.05, 4.69) is 5.32 Å². The summed E-state index contributed by atoms with van der Waals surface area (Å²) in [6, 6.07) is 21.8. The number of nitrogens with zero attached hydrogens (tertiary/aromatic N) is 2. The van der Waals surface area contributed by atoms with Crippen molar-refractivity contribution in [1.82, 2.24) is 10.2 Å². The number of carbonyl (C=O) groups is 3. The maximum atomic E-state index is 14.3. The predicted molar refractivity (Wildman–Crippen MR) is 149 cm³/mol. The Bertz CT molecular complexity index is 1300. The summed E-state index contributed by atoms with van der Waals surface area (Å²) in [5, 5.41) is 3.47. The first-order valence-electron chi connectivity index (χ1n) is 12.6. The third-order valence-corrected chi connectivity index (χ3v) is 7.30. The van der Waals surface area contributed by atoms with E-state index < -0.39 is 5.54 Å². The fourth-order valence-electron chi connectivity index (χ4n) is 4.88. The molecule has 0 radical (unpaired) electrons. The van der Waals surface area contributed by atoms with Crippen molar-refractivity contribution in [2.75, 3.05) is 25.1 Å². The quantitative estimate of drug-likeness (QED) is 0.463. The molecule has 1 aliphatic rings. The maximum Gasteiger partial charge on any atom is 0.259 e. The summed E-state index contributed by atoms with van der Waals surface area (Å²) >= 11 is 6.41. The third kappa shape index (κ3) is 5.68. The highest BCUT2D eigenvalue weighted by Crippen LogP contribution is 2.41. The van der Waals surface area contributed by atoms with Gasteiger partial charge in [0.2, 0.25) is 11.8 Å². The highest BCUT2D eigenvalue weighted by atomic mass is 35.5. The van der Waals surface area contributed by atoms with Crippen LogP contribution in [0.5, 0.6) is 5.75 Å². The number of rotatable bonds is 7. The van der Waals surface area contributed by atoms with Crippen LogP contribution in [0.25, 0.3) is 0 Å². The molecule has 0 bridgehead atoms. The Morgan fingerprint density at radius 1 is 1.00 bits per heavy atom. The number of aryl methyl sites for hydroxylation is 1. The van der Waals surface area contributed by atoms with Gasteiger partial charge < -0.3 is 15.0 Å². The molecular formula is C30H32ClN3O4. The number of hydrogen-bond acceptors (Lipinski definition) is 4. The number of nitrogens with one attached hydrogen (secondary N) is 1. The van der Waals surface area contributed by atoms with Gasteiger partial charge in [-0.1, -0.05) is 59.6 Å². The van der Waals surface area contributed by atoms with Crippen LogP contribution in [0.4, 0.5) is 5.69 Å². The van der Waals surface area contributed by atoms with Gasteiger partial charge >= 0.3 is 0 Å². The molecule has 4 rings (SSSR count). The molecule has 1 N–H and O–H groups in total. The summed E-state index contributed by atoms with van der Waals surface area (Å²) in [5.74, 6) is -0.303. The summed E-state index contributed by atoms with van der Waals surface area (Å²) in [5.41, 5.74) is 1.49. The zero-order valence-corrected chi connectivity index (χ0v) is 22.6. The lowest BCUT2D eigenvalue weighted by Gasteiger charge is -2.47. The second kappa shape index (κ2) is 11.7. The SMILES string of the molecule is COc1ccc(Cl)cc1N(C(=O)c1ccc(C)cc1)C1(C(=O)NCc2ccccc2)CCN(C(C)=O)CC1. The van der Waals surface area contributed by atoms with Crippen LogP contribution < -0.4 is 15.0 Å². The number of methoxy groups -OCH3 is 1.